The molecule has 0 radical (unpaired) electrons. The first-order valence-corrected chi connectivity index (χ1v) is 14.7. The van der Waals surface area contributed by atoms with Crippen LogP contribution in [0.4, 0.5) is 0 Å². The minimum Gasteiger partial charge on any atom is -0.307 e. The quantitative estimate of drug-likeness (QED) is 0.214. The van der Waals surface area contributed by atoms with Gasteiger partial charge in [-0.15, -0.1) is 0 Å². The van der Waals surface area contributed by atoms with Gasteiger partial charge in [-0.3, -0.25) is 4.57 Å². The maximum atomic E-state index is 5.15. The van der Waals surface area contributed by atoms with E-state index in [9.17, 15) is 0 Å². The summed E-state index contributed by atoms with van der Waals surface area (Å²) in [5, 5.41) is 4.73. The van der Waals surface area contributed by atoms with Gasteiger partial charge in [0.2, 0.25) is 5.95 Å². The predicted octanol–water partition coefficient (Wildman–Crippen LogP) is 9.40. The van der Waals surface area contributed by atoms with Crippen molar-refractivity contribution in [3.05, 3.63) is 152 Å². The Hall–Kier alpha value is -6.07. The molecule has 0 bridgehead atoms. The first-order valence-electron chi connectivity index (χ1n) is 14.7. The minimum atomic E-state index is 0.581. The molecule has 0 spiro atoms. The van der Waals surface area contributed by atoms with Crippen molar-refractivity contribution in [3.63, 3.8) is 0 Å². The Morgan fingerprint density at radius 3 is 1.32 bits per heavy atom. The van der Waals surface area contributed by atoms with Crippen molar-refractivity contribution >= 4 is 43.6 Å². The standard InChI is InChI=1S/C39H25N5/c1-3-14-26(15-4-1)37-40-38(27-16-5-2-6-17-27)42-39(41-37)44-34-24-12-9-20-30(34)31-21-13-25-35(36(31)44)43-32-22-10-7-18-28(32)29-19-8-11-23-33(29)43/h1-25H. The second kappa shape index (κ2) is 9.75. The van der Waals surface area contributed by atoms with E-state index in [2.05, 4.69) is 100 Å². The second-order valence-corrected chi connectivity index (χ2v) is 10.9. The number of aromatic nitrogens is 5. The van der Waals surface area contributed by atoms with Crippen LogP contribution in [0.15, 0.2) is 152 Å². The molecule has 0 aliphatic rings. The van der Waals surface area contributed by atoms with Crippen molar-refractivity contribution in [2.45, 2.75) is 0 Å². The highest BCUT2D eigenvalue weighted by molar-refractivity contribution is 6.14. The first kappa shape index (κ1) is 24.5. The molecule has 5 heteroatoms. The van der Waals surface area contributed by atoms with Crippen LogP contribution >= 0.6 is 0 Å². The lowest BCUT2D eigenvalue weighted by atomic mass is 10.1. The molecule has 9 aromatic rings. The fraction of sp³-hybridized carbons (Fsp3) is 0. The summed E-state index contributed by atoms with van der Waals surface area (Å²) >= 11 is 0. The number of hydrogen-bond donors (Lipinski definition) is 0. The van der Waals surface area contributed by atoms with Gasteiger partial charge >= 0.3 is 0 Å². The summed E-state index contributed by atoms with van der Waals surface area (Å²) in [7, 11) is 0. The van der Waals surface area contributed by atoms with Crippen molar-refractivity contribution < 1.29 is 0 Å². The molecular weight excluding hydrogens is 538 g/mol. The van der Waals surface area contributed by atoms with Gasteiger partial charge in [0.1, 0.15) is 0 Å². The summed E-state index contributed by atoms with van der Waals surface area (Å²) in [6.45, 7) is 0. The van der Waals surface area contributed by atoms with Gasteiger partial charge in [0.15, 0.2) is 11.6 Å². The lowest BCUT2D eigenvalue weighted by molar-refractivity contribution is 0.950. The van der Waals surface area contributed by atoms with E-state index in [0.29, 0.717) is 17.6 Å². The van der Waals surface area contributed by atoms with Gasteiger partial charge in [0.25, 0.3) is 0 Å². The Kier molecular flexibility index (Phi) is 5.43. The molecule has 0 atom stereocenters. The van der Waals surface area contributed by atoms with Crippen LogP contribution in [0.5, 0.6) is 0 Å². The predicted molar refractivity (Wildman–Crippen MR) is 179 cm³/mol. The van der Waals surface area contributed by atoms with Crippen LogP contribution in [0.3, 0.4) is 0 Å². The Labute approximate surface area is 253 Å². The fourth-order valence-corrected chi connectivity index (χ4v) is 6.47. The number of nitrogens with zero attached hydrogens (tertiary/aromatic N) is 5. The zero-order chi connectivity index (χ0) is 29.0. The lowest BCUT2D eigenvalue weighted by Gasteiger charge is -2.14. The molecule has 3 heterocycles. The highest BCUT2D eigenvalue weighted by Crippen LogP contribution is 2.39. The van der Waals surface area contributed by atoms with Crippen LogP contribution in [0.1, 0.15) is 0 Å². The summed E-state index contributed by atoms with van der Waals surface area (Å²) in [5.41, 5.74) is 7.35. The molecule has 0 amide bonds. The van der Waals surface area contributed by atoms with E-state index in [1.54, 1.807) is 0 Å². The van der Waals surface area contributed by atoms with Crippen molar-refractivity contribution in [1.82, 2.24) is 24.1 Å². The normalized spacial score (nSPS) is 11.6. The number of hydrogen-bond acceptors (Lipinski definition) is 3. The Morgan fingerprint density at radius 2 is 0.773 bits per heavy atom. The fourth-order valence-electron chi connectivity index (χ4n) is 6.47. The van der Waals surface area contributed by atoms with Crippen molar-refractivity contribution in [1.29, 1.82) is 0 Å². The maximum Gasteiger partial charge on any atom is 0.238 e. The third-order valence-corrected chi connectivity index (χ3v) is 8.38. The Morgan fingerprint density at radius 1 is 0.341 bits per heavy atom. The first-order chi connectivity index (χ1) is 21.8. The average Bonchev–Trinajstić information content (AvgIpc) is 3.62. The largest absolute Gasteiger partial charge is 0.307 e. The molecule has 0 aliphatic carbocycles. The number of rotatable bonds is 4. The van der Waals surface area contributed by atoms with E-state index >= 15 is 0 Å². The monoisotopic (exact) mass is 563 g/mol. The molecule has 5 nitrogen and oxygen atoms in total. The summed E-state index contributed by atoms with van der Waals surface area (Å²) in [6.07, 6.45) is 0. The van der Waals surface area contributed by atoms with Gasteiger partial charge in [-0.2, -0.15) is 9.97 Å². The summed E-state index contributed by atoms with van der Waals surface area (Å²) in [6, 6.07) is 52.6. The highest BCUT2D eigenvalue weighted by atomic mass is 15.2. The lowest BCUT2D eigenvalue weighted by Crippen LogP contribution is -2.08. The van der Waals surface area contributed by atoms with Gasteiger partial charge in [0, 0.05) is 32.7 Å². The van der Waals surface area contributed by atoms with Gasteiger partial charge in [-0.25, -0.2) is 4.98 Å². The van der Waals surface area contributed by atoms with Crippen LogP contribution in [-0.4, -0.2) is 24.1 Å². The van der Waals surface area contributed by atoms with E-state index in [0.717, 1.165) is 49.7 Å². The topological polar surface area (TPSA) is 48.5 Å². The van der Waals surface area contributed by atoms with Gasteiger partial charge in [-0.05, 0) is 24.3 Å². The molecule has 3 aromatic heterocycles. The second-order valence-electron chi connectivity index (χ2n) is 10.9. The zero-order valence-electron chi connectivity index (χ0n) is 23.7. The van der Waals surface area contributed by atoms with Gasteiger partial charge < -0.3 is 4.57 Å². The maximum absolute atomic E-state index is 5.15. The third kappa shape index (κ3) is 3.69. The smallest absolute Gasteiger partial charge is 0.238 e. The molecule has 9 rings (SSSR count). The average molecular weight is 564 g/mol. The third-order valence-electron chi connectivity index (χ3n) is 8.38. The summed E-state index contributed by atoms with van der Waals surface area (Å²) in [4.78, 5) is 15.3. The van der Waals surface area contributed by atoms with E-state index in [1.807, 2.05) is 60.7 Å². The van der Waals surface area contributed by atoms with Crippen molar-refractivity contribution in [3.8, 4) is 34.4 Å². The molecule has 0 aliphatic heterocycles. The molecule has 0 saturated heterocycles. The van der Waals surface area contributed by atoms with Crippen molar-refractivity contribution in [2.24, 2.45) is 0 Å². The molecule has 0 unspecified atom stereocenters. The molecule has 0 saturated carbocycles. The minimum absolute atomic E-state index is 0.581. The Balaban J connectivity index is 1.43. The van der Waals surface area contributed by atoms with Crippen molar-refractivity contribution in [2.75, 3.05) is 0 Å². The molecular formula is C39H25N5. The van der Waals surface area contributed by atoms with E-state index in [1.165, 1.54) is 10.8 Å². The molecule has 44 heavy (non-hydrogen) atoms. The van der Waals surface area contributed by atoms with E-state index in [4.69, 9.17) is 15.0 Å². The van der Waals surface area contributed by atoms with Crippen LogP contribution in [0.2, 0.25) is 0 Å². The summed E-state index contributed by atoms with van der Waals surface area (Å²) < 4.78 is 4.59. The Bertz CT molecular complexity index is 2380. The number of para-hydroxylation sites is 4. The SMILES string of the molecule is c1ccc(-c2nc(-c3ccccc3)nc(-n3c4ccccc4c4cccc(-n5c6ccccc6c6ccccc65)c43)n2)cc1. The summed E-state index contributed by atoms with van der Waals surface area (Å²) in [5.74, 6) is 1.85. The zero-order valence-corrected chi connectivity index (χ0v) is 23.7. The van der Waals surface area contributed by atoms with Gasteiger partial charge in [0.05, 0.1) is 27.8 Å². The van der Waals surface area contributed by atoms with Crippen LogP contribution in [0, 0.1) is 0 Å². The van der Waals surface area contributed by atoms with Crippen LogP contribution in [0.25, 0.3) is 78.0 Å². The van der Waals surface area contributed by atoms with E-state index in [-0.39, 0.29) is 0 Å². The van der Waals surface area contributed by atoms with Crippen LogP contribution in [-0.2, 0) is 0 Å². The number of fused-ring (bicyclic) bond motifs is 6. The van der Waals surface area contributed by atoms with Crippen LogP contribution < -0.4 is 0 Å². The molecule has 6 aromatic carbocycles. The highest BCUT2D eigenvalue weighted by Gasteiger charge is 2.22. The molecule has 206 valence electrons. The number of benzene rings is 6. The molecule has 0 fully saturated rings. The van der Waals surface area contributed by atoms with Gasteiger partial charge in [-0.1, -0.05) is 127 Å². The molecule has 0 N–H and O–H groups in total. The van der Waals surface area contributed by atoms with E-state index < -0.39 is 0 Å².